The number of Topliss-reactive ketones (excluding diaryl/α,β-unsaturated/α-hetero) is 1. The van der Waals surface area contributed by atoms with E-state index in [9.17, 15) is 30.0 Å². The molecule has 0 aromatic carbocycles. The molecule has 0 aromatic heterocycles. The summed E-state index contributed by atoms with van der Waals surface area (Å²) < 4.78 is 9.35. The first-order chi connectivity index (χ1) is 12.6. The molecule has 27 heavy (non-hydrogen) atoms. The minimum absolute atomic E-state index is 0.401. The summed E-state index contributed by atoms with van der Waals surface area (Å²) in [6.45, 7) is 0. The Morgan fingerprint density at radius 1 is 1.26 bits per heavy atom. The molecule has 0 unspecified atom stereocenters. The summed E-state index contributed by atoms with van der Waals surface area (Å²) in [5.74, 6) is -3.18. The molecule has 2 aliphatic carbocycles. The van der Waals surface area contributed by atoms with Crippen LogP contribution in [0.2, 0.25) is 0 Å². The Bertz CT molecular complexity index is 962. The Morgan fingerprint density at radius 2 is 1.89 bits per heavy atom. The predicted molar refractivity (Wildman–Crippen MR) is 87.4 cm³/mol. The van der Waals surface area contributed by atoms with Crippen molar-refractivity contribution < 1.29 is 29.0 Å². The Hall–Kier alpha value is -2.59. The van der Waals surface area contributed by atoms with Crippen LogP contribution in [0.3, 0.4) is 0 Å². The lowest BCUT2D eigenvalue weighted by Gasteiger charge is -2.51. The quantitative estimate of drug-likeness (QED) is 0.597. The lowest BCUT2D eigenvalue weighted by Crippen LogP contribution is -2.72. The molecule has 0 radical (unpaired) electrons. The van der Waals surface area contributed by atoms with E-state index in [1.165, 1.54) is 0 Å². The van der Waals surface area contributed by atoms with Gasteiger partial charge >= 0.3 is 11.9 Å². The summed E-state index contributed by atoms with van der Waals surface area (Å²) in [5, 5.41) is 32.5. The fourth-order valence-corrected chi connectivity index (χ4v) is 4.97. The van der Waals surface area contributed by atoms with E-state index in [0.29, 0.717) is 0 Å². The molecule has 2 N–H and O–H groups in total. The number of aliphatic hydroxyl groups is 1. The average molecular weight is 412 g/mol. The first kappa shape index (κ1) is 19.2. The van der Waals surface area contributed by atoms with Gasteiger partial charge < -0.3 is 19.9 Å². The van der Waals surface area contributed by atoms with Gasteiger partial charge in [0.2, 0.25) is 0 Å². The van der Waals surface area contributed by atoms with Crippen molar-refractivity contribution >= 4 is 40.9 Å². The van der Waals surface area contributed by atoms with Crippen molar-refractivity contribution in [3.05, 3.63) is 21.8 Å². The van der Waals surface area contributed by atoms with Gasteiger partial charge in [-0.15, -0.1) is 0 Å². The number of hydrogen-bond acceptors (Lipinski definition) is 9. The zero-order chi connectivity index (χ0) is 20.4. The molecule has 0 saturated heterocycles. The molecule has 0 spiro atoms. The summed E-state index contributed by atoms with van der Waals surface area (Å²) in [7, 11) is 2.05. The summed E-state index contributed by atoms with van der Waals surface area (Å²) in [6, 6.07) is 3.46. The number of allylic oxidation sites excluding steroid dienone is 1. The Morgan fingerprint density at radius 3 is 2.37 bits per heavy atom. The Balaban J connectivity index is 2.55. The van der Waals surface area contributed by atoms with Gasteiger partial charge in [-0.2, -0.15) is 10.5 Å². The number of nitriles is 2. The van der Waals surface area contributed by atoms with Gasteiger partial charge in [-0.25, -0.2) is 9.59 Å². The number of methoxy groups -OCH3 is 2. The molecular formula is C16H11Cl2N3O6. The molecule has 1 saturated carbocycles. The van der Waals surface area contributed by atoms with Crippen molar-refractivity contribution in [1.82, 2.24) is 5.32 Å². The Labute approximate surface area is 162 Å². The SMILES string of the molecule is COC(=O)C1=C[C@]2(C#N)[C@@]3(O)C(Cl)=C(Cl)C(=O)[C@]2(C#N)C[C@@]3(C(=O)OC)N1. The van der Waals surface area contributed by atoms with Crippen molar-refractivity contribution in [2.75, 3.05) is 14.2 Å². The van der Waals surface area contributed by atoms with Crippen LogP contribution in [0.5, 0.6) is 0 Å². The normalized spacial score (nSPS) is 38.9. The fraction of sp³-hybridized carbons (Fsp3) is 0.438. The van der Waals surface area contributed by atoms with Crippen molar-refractivity contribution in [2.45, 2.75) is 17.6 Å². The van der Waals surface area contributed by atoms with E-state index < -0.39 is 61.9 Å². The second-order valence-corrected chi connectivity index (χ2v) is 7.11. The second kappa shape index (κ2) is 5.46. The van der Waals surface area contributed by atoms with Crippen molar-refractivity contribution in [1.29, 1.82) is 10.5 Å². The molecule has 1 heterocycles. The van der Waals surface area contributed by atoms with Gasteiger partial charge in [-0.05, 0) is 6.08 Å². The van der Waals surface area contributed by atoms with Crippen LogP contribution in [0.15, 0.2) is 21.8 Å². The van der Waals surface area contributed by atoms with E-state index in [-0.39, 0.29) is 0 Å². The smallest absolute Gasteiger partial charge is 0.353 e. The van der Waals surface area contributed by atoms with Crippen LogP contribution in [-0.4, -0.2) is 48.2 Å². The summed E-state index contributed by atoms with van der Waals surface area (Å²) >= 11 is 12.1. The number of carbonyl (C=O) groups excluding carboxylic acids is 3. The van der Waals surface area contributed by atoms with E-state index in [4.69, 9.17) is 27.9 Å². The highest BCUT2D eigenvalue weighted by atomic mass is 35.5. The third-order valence-electron chi connectivity index (χ3n) is 5.50. The molecule has 9 nitrogen and oxygen atoms in total. The van der Waals surface area contributed by atoms with Crippen LogP contribution in [0, 0.1) is 33.5 Å². The van der Waals surface area contributed by atoms with E-state index in [2.05, 4.69) is 10.1 Å². The van der Waals surface area contributed by atoms with Gasteiger partial charge in [0.15, 0.2) is 16.9 Å². The third-order valence-corrected chi connectivity index (χ3v) is 6.42. The van der Waals surface area contributed by atoms with Gasteiger partial charge in [-0.3, -0.25) is 4.79 Å². The maximum absolute atomic E-state index is 12.9. The maximum atomic E-state index is 12.9. The highest BCUT2D eigenvalue weighted by Gasteiger charge is 2.88. The van der Waals surface area contributed by atoms with Crippen molar-refractivity contribution in [2.24, 2.45) is 10.8 Å². The topological polar surface area (TPSA) is 150 Å². The zero-order valence-electron chi connectivity index (χ0n) is 13.9. The van der Waals surface area contributed by atoms with Crippen LogP contribution < -0.4 is 5.32 Å². The average Bonchev–Trinajstić information content (AvgIpc) is 2.77. The molecule has 0 amide bonds. The lowest BCUT2D eigenvalue weighted by molar-refractivity contribution is -0.161. The molecule has 11 heteroatoms. The van der Waals surface area contributed by atoms with Crippen LogP contribution in [-0.2, 0) is 23.9 Å². The van der Waals surface area contributed by atoms with Crippen LogP contribution in [0.1, 0.15) is 6.42 Å². The lowest BCUT2D eigenvalue weighted by atomic mass is 9.55. The van der Waals surface area contributed by atoms with Gasteiger partial charge in [0.1, 0.15) is 21.6 Å². The molecule has 3 rings (SSSR count). The second-order valence-electron chi connectivity index (χ2n) is 6.35. The highest BCUT2D eigenvalue weighted by Crippen LogP contribution is 2.72. The minimum atomic E-state index is -2.65. The largest absolute Gasteiger partial charge is 0.467 e. The summed E-state index contributed by atoms with van der Waals surface area (Å²) in [4.78, 5) is 37.8. The fourth-order valence-electron chi connectivity index (χ4n) is 4.27. The van der Waals surface area contributed by atoms with Crippen LogP contribution in [0.4, 0.5) is 0 Å². The van der Waals surface area contributed by atoms with Crippen molar-refractivity contribution in [3.63, 3.8) is 0 Å². The van der Waals surface area contributed by atoms with Crippen molar-refractivity contribution in [3.8, 4) is 12.1 Å². The summed E-state index contributed by atoms with van der Waals surface area (Å²) in [5.41, 5.74) is -10.1. The summed E-state index contributed by atoms with van der Waals surface area (Å²) in [6.07, 6.45) is 0.176. The maximum Gasteiger partial charge on any atom is 0.353 e. The van der Waals surface area contributed by atoms with E-state index in [1.807, 2.05) is 0 Å². The van der Waals surface area contributed by atoms with Crippen LogP contribution in [0.25, 0.3) is 0 Å². The number of hydrogen-bond donors (Lipinski definition) is 2. The van der Waals surface area contributed by atoms with E-state index >= 15 is 0 Å². The van der Waals surface area contributed by atoms with Gasteiger partial charge in [0.05, 0.1) is 31.4 Å². The minimum Gasteiger partial charge on any atom is -0.467 e. The molecular weight excluding hydrogens is 401 g/mol. The van der Waals surface area contributed by atoms with Gasteiger partial charge in [-0.1, -0.05) is 23.2 Å². The molecule has 4 bridgehead atoms. The zero-order valence-corrected chi connectivity index (χ0v) is 15.4. The number of halogens is 2. The van der Waals surface area contributed by atoms with Gasteiger partial charge in [0.25, 0.3) is 0 Å². The van der Waals surface area contributed by atoms with E-state index in [0.717, 1.165) is 20.3 Å². The Kier molecular flexibility index (Phi) is 3.88. The molecule has 140 valence electrons. The van der Waals surface area contributed by atoms with Crippen LogP contribution >= 0.6 is 23.2 Å². The molecule has 1 fully saturated rings. The molecule has 1 aliphatic heterocycles. The van der Waals surface area contributed by atoms with E-state index in [1.54, 1.807) is 12.1 Å². The predicted octanol–water partition coefficient (Wildman–Crippen LogP) is -0.0150. The monoisotopic (exact) mass is 411 g/mol. The number of esters is 2. The first-order valence-electron chi connectivity index (χ1n) is 7.42. The number of ketones is 1. The number of nitrogens with zero attached hydrogens (tertiary/aromatic N) is 2. The molecule has 4 atom stereocenters. The first-order valence-corrected chi connectivity index (χ1v) is 8.18. The standard InChI is InChI=1S/C16H11Cl2N3O6/c1-26-11(23)7-3-14(6-20)13(5-19)4-15(21-7,12(24)27-2)16(14,25)9(18)8(17)10(13)22/h3,21,25H,4H2,1-2H3/t13-,14-,15+,16+/m1/s1. The number of carbonyl (C=O) groups is 3. The third kappa shape index (κ3) is 1.66. The molecule has 3 aliphatic rings. The number of rotatable bonds is 2. The molecule has 0 aromatic rings. The number of ether oxygens (including phenoxy) is 2. The van der Waals surface area contributed by atoms with Gasteiger partial charge in [0, 0.05) is 6.42 Å². The number of nitrogens with one attached hydrogen (secondary N) is 1. The highest BCUT2D eigenvalue weighted by molar-refractivity contribution is 6.51.